The number of pyridine rings is 2. The lowest BCUT2D eigenvalue weighted by molar-refractivity contribution is 0.641. The number of benzene rings is 2. The summed E-state index contributed by atoms with van der Waals surface area (Å²) in [6.45, 7) is 15.4. The van der Waals surface area contributed by atoms with Crippen molar-refractivity contribution < 1.29 is 0 Å². The van der Waals surface area contributed by atoms with Crippen LogP contribution in [0.5, 0.6) is 0 Å². The summed E-state index contributed by atoms with van der Waals surface area (Å²) in [6, 6.07) is 19.6. The molecule has 0 aliphatic carbocycles. The van der Waals surface area contributed by atoms with Gasteiger partial charge in [-0.1, -0.05) is 77.9 Å². The summed E-state index contributed by atoms with van der Waals surface area (Å²) < 4.78 is 0. The van der Waals surface area contributed by atoms with Crippen molar-refractivity contribution in [2.24, 2.45) is 0 Å². The Bertz CT molecular complexity index is 1180. The minimum Gasteiger partial charge on any atom is -0.312 e. The number of fused-ring (bicyclic) bond motifs is 2. The summed E-state index contributed by atoms with van der Waals surface area (Å²) in [6.07, 6.45) is 8.64. The second kappa shape index (κ2) is 13.2. The van der Waals surface area contributed by atoms with Crippen LogP contribution in [0.25, 0.3) is 10.8 Å². The fourth-order valence-corrected chi connectivity index (χ4v) is 4.04. The molecule has 2 aromatic carbocycles. The van der Waals surface area contributed by atoms with Gasteiger partial charge in [0.25, 0.3) is 0 Å². The Kier molecular flexibility index (Phi) is 9.98. The lowest BCUT2D eigenvalue weighted by atomic mass is 9.94. The molecule has 0 fully saturated rings. The molecule has 35 heavy (non-hydrogen) atoms. The van der Waals surface area contributed by atoms with Crippen LogP contribution in [0.1, 0.15) is 87.1 Å². The molecule has 1 aliphatic rings. The first-order valence-electron chi connectivity index (χ1n) is 12.9. The predicted octanol–water partition coefficient (Wildman–Crippen LogP) is 8.02. The minimum absolute atomic E-state index is 0.588. The second-order valence-corrected chi connectivity index (χ2v) is 10.2. The van der Waals surface area contributed by atoms with Gasteiger partial charge in [0.1, 0.15) is 0 Å². The van der Waals surface area contributed by atoms with Crippen molar-refractivity contribution in [3.05, 3.63) is 107 Å². The lowest BCUT2D eigenvalue weighted by Gasteiger charge is -2.18. The maximum absolute atomic E-state index is 4.11. The summed E-state index contributed by atoms with van der Waals surface area (Å²) in [5.41, 5.74) is 7.17. The van der Waals surface area contributed by atoms with Gasteiger partial charge in [-0.15, -0.1) is 0 Å². The molecule has 1 N–H and O–H groups in total. The normalized spacial score (nSPS) is 12.6. The summed E-state index contributed by atoms with van der Waals surface area (Å²) in [5.74, 6) is 1.83. The molecule has 3 heteroatoms. The largest absolute Gasteiger partial charge is 0.312 e. The van der Waals surface area contributed by atoms with Crippen LogP contribution in [0, 0.1) is 0 Å². The fourth-order valence-electron chi connectivity index (χ4n) is 4.04. The van der Waals surface area contributed by atoms with E-state index in [2.05, 4.69) is 99.3 Å². The molecule has 0 bridgehead atoms. The monoisotopic (exact) mass is 467 g/mol. The van der Waals surface area contributed by atoms with Crippen LogP contribution in [0.2, 0.25) is 0 Å². The van der Waals surface area contributed by atoms with E-state index in [9.17, 15) is 0 Å². The third-order valence-corrected chi connectivity index (χ3v) is 6.47. The third-order valence-electron chi connectivity index (χ3n) is 6.47. The van der Waals surface area contributed by atoms with Gasteiger partial charge in [-0.05, 0) is 82.1 Å². The Morgan fingerprint density at radius 1 is 0.629 bits per heavy atom. The van der Waals surface area contributed by atoms with Gasteiger partial charge >= 0.3 is 0 Å². The van der Waals surface area contributed by atoms with Crippen LogP contribution in [0.15, 0.2) is 79.4 Å². The van der Waals surface area contributed by atoms with Crippen LogP contribution in [0.3, 0.4) is 0 Å². The highest BCUT2D eigenvalue weighted by atomic mass is 14.9. The standard InChI is InChI=1S/C12H17N.C12H13N.C8H11N/c2*1-9(2)11-4-3-10-5-6-13-8-12(10)7-11;1-7(2)8-4-3-5-9-6-8/h3-4,7,9,13H,5-6,8H2,1-2H3;3-9H,1-2H3;3-7H,1-2H3. The molecule has 0 spiro atoms. The van der Waals surface area contributed by atoms with Crippen molar-refractivity contribution in [3.8, 4) is 0 Å². The molecule has 0 unspecified atom stereocenters. The molecular weight excluding hydrogens is 426 g/mol. The van der Waals surface area contributed by atoms with Crippen LogP contribution in [-0.2, 0) is 13.0 Å². The third kappa shape index (κ3) is 8.00. The molecule has 184 valence electrons. The van der Waals surface area contributed by atoms with Crippen LogP contribution >= 0.6 is 0 Å². The molecule has 4 aromatic rings. The van der Waals surface area contributed by atoms with Gasteiger partial charge in [-0.2, -0.15) is 0 Å². The number of hydrogen-bond donors (Lipinski definition) is 1. The van der Waals surface area contributed by atoms with Crippen molar-refractivity contribution in [2.45, 2.75) is 72.3 Å². The van der Waals surface area contributed by atoms with E-state index >= 15 is 0 Å². The van der Waals surface area contributed by atoms with E-state index in [1.807, 2.05) is 30.7 Å². The van der Waals surface area contributed by atoms with Gasteiger partial charge in [0.15, 0.2) is 0 Å². The highest BCUT2D eigenvalue weighted by Crippen LogP contribution is 2.21. The molecule has 0 radical (unpaired) electrons. The quantitative estimate of drug-likeness (QED) is 0.331. The van der Waals surface area contributed by atoms with Gasteiger partial charge < -0.3 is 5.32 Å². The zero-order valence-electron chi connectivity index (χ0n) is 22.3. The Hall–Kier alpha value is -3.04. The van der Waals surface area contributed by atoms with Crippen molar-refractivity contribution >= 4 is 10.8 Å². The molecule has 3 heterocycles. The Morgan fingerprint density at radius 2 is 1.31 bits per heavy atom. The van der Waals surface area contributed by atoms with Crippen molar-refractivity contribution in [3.63, 3.8) is 0 Å². The molecule has 0 atom stereocenters. The summed E-state index contributed by atoms with van der Waals surface area (Å²) in [7, 11) is 0. The molecule has 0 saturated heterocycles. The molecule has 1 aliphatic heterocycles. The van der Waals surface area contributed by atoms with Crippen LogP contribution in [0.4, 0.5) is 0 Å². The molecule has 2 aromatic heterocycles. The highest BCUT2D eigenvalue weighted by Gasteiger charge is 2.09. The maximum atomic E-state index is 4.11. The van der Waals surface area contributed by atoms with E-state index < -0.39 is 0 Å². The molecule has 3 nitrogen and oxygen atoms in total. The van der Waals surface area contributed by atoms with E-state index in [1.54, 1.807) is 6.20 Å². The molecular formula is C32H41N3. The predicted molar refractivity (Wildman–Crippen MR) is 150 cm³/mol. The molecule has 5 rings (SSSR count). The van der Waals surface area contributed by atoms with Gasteiger partial charge in [0.2, 0.25) is 0 Å². The van der Waals surface area contributed by atoms with Crippen molar-refractivity contribution in [1.29, 1.82) is 0 Å². The number of hydrogen-bond acceptors (Lipinski definition) is 3. The number of aromatic nitrogens is 2. The second-order valence-electron chi connectivity index (χ2n) is 10.2. The van der Waals surface area contributed by atoms with Crippen LogP contribution < -0.4 is 5.32 Å². The summed E-state index contributed by atoms with van der Waals surface area (Å²) >= 11 is 0. The summed E-state index contributed by atoms with van der Waals surface area (Å²) in [4.78, 5) is 8.12. The van der Waals surface area contributed by atoms with Gasteiger partial charge in [0.05, 0.1) is 0 Å². The average Bonchev–Trinajstić information content (AvgIpc) is 2.89. The highest BCUT2D eigenvalue weighted by molar-refractivity contribution is 5.82. The maximum Gasteiger partial charge on any atom is 0.0346 e. The Balaban J connectivity index is 0.000000150. The number of rotatable bonds is 3. The zero-order valence-corrected chi connectivity index (χ0v) is 22.3. The fraction of sp³-hybridized carbons (Fsp3) is 0.375. The smallest absolute Gasteiger partial charge is 0.0346 e. The van der Waals surface area contributed by atoms with Gasteiger partial charge in [-0.3, -0.25) is 9.97 Å². The van der Waals surface area contributed by atoms with E-state index in [4.69, 9.17) is 0 Å². The Morgan fingerprint density at radius 3 is 1.97 bits per heavy atom. The topological polar surface area (TPSA) is 37.8 Å². The van der Waals surface area contributed by atoms with Crippen LogP contribution in [-0.4, -0.2) is 16.5 Å². The van der Waals surface area contributed by atoms with Crippen molar-refractivity contribution in [2.75, 3.05) is 6.54 Å². The Labute approximate surface area is 212 Å². The molecule has 0 saturated carbocycles. The first-order valence-corrected chi connectivity index (χ1v) is 12.9. The van der Waals surface area contributed by atoms with E-state index in [0.717, 1.165) is 13.1 Å². The summed E-state index contributed by atoms with van der Waals surface area (Å²) in [5, 5.41) is 5.90. The van der Waals surface area contributed by atoms with E-state index in [0.29, 0.717) is 17.8 Å². The van der Waals surface area contributed by atoms with Gasteiger partial charge in [0, 0.05) is 36.7 Å². The lowest BCUT2D eigenvalue weighted by Crippen LogP contribution is -2.23. The van der Waals surface area contributed by atoms with Gasteiger partial charge in [-0.25, -0.2) is 0 Å². The van der Waals surface area contributed by atoms with E-state index in [-0.39, 0.29) is 0 Å². The van der Waals surface area contributed by atoms with E-state index in [1.165, 1.54) is 45.0 Å². The molecule has 0 amide bonds. The SMILES string of the molecule is CC(C)c1ccc2c(c1)CNCC2.CC(C)c1ccc2ccncc2c1.CC(C)c1cccnc1. The first-order chi connectivity index (χ1) is 16.8. The number of nitrogens with one attached hydrogen (secondary N) is 1. The minimum atomic E-state index is 0.588. The first kappa shape index (κ1) is 26.6. The average molecular weight is 468 g/mol. The van der Waals surface area contributed by atoms with Crippen molar-refractivity contribution in [1.82, 2.24) is 15.3 Å². The zero-order chi connectivity index (χ0) is 25.2. The number of nitrogens with zero attached hydrogens (tertiary/aromatic N) is 2.